The molecule has 0 saturated heterocycles. The lowest BCUT2D eigenvalue weighted by molar-refractivity contribution is -0.135. The summed E-state index contributed by atoms with van der Waals surface area (Å²) in [6.07, 6.45) is 1.32. The number of aliphatic carboxylic acids is 1. The van der Waals surface area contributed by atoms with E-state index in [0.717, 1.165) is 0 Å². The minimum absolute atomic E-state index is 0.0568. The minimum Gasteiger partial charge on any atom is -0.480 e. The first-order chi connectivity index (χ1) is 17.3. The maximum Gasteiger partial charge on any atom is 0.337 e. The zero-order valence-electron chi connectivity index (χ0n) is 18.7. The summed E-state index contributed by atoms with van der Waals surface area (Å²) in [7, 11) is 0. The molecule has 0 aliphatic carbocycles. The molecule has 0 heterocycles. The average Bonchev–Trinajstić information content (AvgIpc) is 2.86. The summed E-state index contributed by atoms with van der Waals surface area (Å²) >= 11 is 0. The van der Waals surface area contributed by atoms with Gasteiger partial charge in [-0.15, -0.1) is 0 Å². The summed E-state index contributed by atoms with van der Waals surface area (Å²) in [5.41, 5.74) is 1.44. The van der Waals surface area contributed by atoms with Crippen molar-refractivity contribution >= 4 is 46.9 Å². The van der Waals surface area contributed by atoms with Gasteiger partial charge >= 0.3 is 11.9 Å². The van der Waals surface area contributed by atoms with Crippen molar-refractivity contribution in [2.45, 2.75) is 0 Å². The predicted octanol–water partition coefficient (Wildman–Crippen LogP) is 3.68. The zero-order valence-corrected chi connectivity index (χ0v) is 18.7. The lowest BCUT2D eigenvalue weighted by Gasteiger charge is -2.09. The Morgan fingerprint density at radius 1 is 0.861 bits per heavy atom. The van der Waals surface area contributed by atoms with E-state index < -0.39 is 23.8 Å². The number of carbonyl (C=O) groups is 4. The van der Waals surface area contributed by atoms with Gasteiger partial charge in [0, 0.05) is 16.9 Å². The van der Waals surface area contributed by atoms with Crippen LogP contribution < -0.4 is 16.0 Å². The summed E-state index contributed by atoms with van der Waals surface area (Å²) in [6, 6.07) is 20.3. The molecule has 5 N–H and O–H groups in total. The molecular weight excluding hydrogens is 464 g/mol. The fourth-order valence-electron chi connectivity index (χ4n) is 3.11. The van der Waals surface area contributed by atoms with Crippen LogP contribution in [0, 0.1) is 11.3 Å². The van der Waals surface area contributed by atoms with E-state index in [4.69, 9.17) is 5.11 Å². The SMILES string of the molecule is N#C/C(=C\c1cccc(NC(=O)c2ccc(NCC(=O)O)cc2)c1)C(=O)Nc1ccccc1C(=O)O. The van der Waals surface area contributed by atoms with E-state index in [2.05, 4.69) is 16.0 Å². The third kappa shape index (κ3) is 6.79. The van der Waals surface area contributed by atoms with E-state index in [1.165, 1.54) is 36.4 Å². The molecule has 0 bridgehead atoms. The molecule has 0 saturated carbocycles. The Morgan fingerprint density at radius 2 is 1.58 bits per heavy atom. The highest BCUT2D eigenvalue weighted by Crippen LogP contribution is 2.19. The highest BCUT2D eigenvalue weighted by molar-refractivity contribution is 6.12. The number of aromatic carboxylic acids is 1. The molecule has 10 heteroatoms. The van der Waals surface area contributed by atoms with Crippen LogP contribution >= 0.6 is 0 Å². The van der Waals surface area contributed by atoms with Crippen LogP contribution in [-0.4, -0.2) is 40.5 Å². The monoisotopic (exact) mass is 484 g/mol. The van der Waals surface area contributed by atoms with Crippen molar-refractivity contribution in [3.05, 3.63) is 95.1 Å². The summed E-state index contributed by atoms with van der Waals surface area (Å²) in [5.74, 6) is -3.42. The molecule has 3 rings (SSSR count). The molecule has 180 valence electrons. The van der Waals surface area contributed by atoms with Gasteiger partial charge in [-0.25, -0.2) is 4.79 Å². The number of rotatable bonds is 9. The minimum atomic E-state index is -1.22. The van der Waals surface area contributed by atoms with Crippen LogP contribution in [0.2, 0.25) is 0 Å². The Balaban J connectivity index is 1.72. The van der Waals surface area contributed by atoms with E-state index in [9.17, 15) is 29.5 Å². The first-order valence-corrected chi connectivity index (χ1v) is 10.5. The fraction of sp³-hybridized carbons (Fsp3) is 0.0385. The maximum atomic E-state index is 12.6. The Hall–Kier alpha value is -5.43. The van der Waals surface area contributed by atoms with Crippen molar-refractivity contribution in [1.29, 1.82) is 5.26 Å². The molecule has 3 aromatic carbocycles. The van der Waals surface area contributed by atoms with Crippen molar-refractivity contribution in [3.8, 4) is 6.07 Å². The molecular formula is C26H20N4O6. The Bertz CT molecular complexity index is 1390. The number of carboxylic acid groups (broad SMARTS) is 2. The molecule has 0 fully saturated rings. The number of benzene rings is 3. The zero-order chi connectivity index (χ0) is 26.1. The van der Waals surface area contributed by atoms with Gasteiger partial charge in [-0.05, 0) is 60.2 Å². The summed E-state index contributed by atoms with van der Waals surface area (Å²) in [6.45, 7) is -0.249. The van der Waals surface area contributed by atoms with Crippen LogP contribution in [0.5, 0.6) is 0 Å². The number of hydrogen-bond acceptors (Lipinski definition) is 6. The number of carboxylic acids is 2. The quantitative estimate of drug-likeness (QED) is 0.226. The van der Waals surface area contributed by atoms with E-state index in [-0.39, 0.29) is 23.4 Å². The lowest BCUT2D eigenvalue weighted by Crippen LogP contribution is -2.16. The topological polar surface area (TPSA) is 169 Å². The van der Waals surface area contributed by atoms with Gasteiger partial charge in [0.2, 0.25) is 0 Å². The number of anilines is 3. The first kappa shape index (κ1) is 25.2. The number of para-hydroxylation sites is 1. The first-order valence-electron chi connectivity index (χ1n) is 10.5. The van der Waals surface area contributed by atoms with E-state index in [1.54, 1.807) is 48.5 Å². The molecule has 0 aromatic heterocycles. The van der Waals surface area contributed by atoms with E-state index >= 15 is 0 Å². The molecule has 0 spiro atoms. The summed E-state index contributed by atoms with van der Waals surface area (Å²) < 4.78 is 0. The van der Waals surface area contributed by atoms with Crippen molar-refractivity contribution in [3.63, 3.8) is 0 Å². The average molecular weight is 484 g/mol. The number of hydrogen-bond donors (Lipinski definition) is 5. The fourth-order valence-corrected chi connectivity index (χ4v) is 3.11. The van der Waals surface area contributed by atoms with Gasteiger partial charge in [-0.3, -0.25) is 14.4 Å². The molecule has 0 unspecified atom stereocenters. The van der Waals surface area contributed by atoms with Crippen LogP contribution in [-0.2, 0) is 9.59 Å². The van der Waals surface area contributed by atoms with Crippen LogP contribution in [0.15, 0.2) is 78.4 Å². The lowest BCUT2D eigenvalue weighted by atomic mass is 10.1. The van der Waals surface area contributed by atoms with Crippen LogP contribution in [0.1, 0.15) is 26.3 Å². The molecule has 0 atom stereocenters. The largest absolute Gasteiger partial charge is 0.480 e. The highest BCUT2D eigenvalue weighted by Gasteiger charge is 2.15. The van der Waals surface area contributed by atoms with Gasteiger partial charge in [0.1, 0.15) is 18.2 Å². The Kier molecular flexibility index (Phi) is 8.14. The number of nitrogens with zero attached hydrogens (tertiary/aromatic N) is 1. The summed E-state index contributed by atoms with van der Waals surface area (Å²) in [5, 5.41) is 35.3. The molecule has 3 aromatic rings. The molecule has 36 heavy (non-hydrogen) atoms. The normalized spacial score (nSPS) is 10.6. The number of carbonyl (C=O) groups excluding carboxylic acids is 2. The Morgan fingerprint density at radius 3 is 2.25 bits per heavy atom. The van der Waals surface area contributed by atoms with Gasteiger partial charge < -0.3 is 26.2 Å². The van der Waals surface area contributed by atoms with Crippen molar-refractivity contribution in [2.24, 2.45) is 0 Å². The smallest absolute Gasteiger partial charge is 0.337 e. The van der Waals surface area contributed by atoms with E-state index in [1.807, 2.05) is 0 Å². The van der Waals surface area contributed by atoms with Crippen LogP contribution in [0.25, 0.3) is 6.08 Å². The van der Waals surface area contributed by atoms with Gasteiger partial charge in [0.15, 0.2) is 0 Å². The van der Waals surface area contributed by atoms with Crippen molar-refractivity contribution in [1.82, 2.24) is 0 Å². The van der Waals surface area contributed by atoms with Gasteiger partial charge in [0.25, 0.3) is 11.8 Å². The Labute approximate surface area is 205 Å². The molecule has 10 nitrogen and oxygen atoms in total. The summed E-state index contributed by atoms with van der Waals surface area (Å²) in [4.78, 5) is 47.1. The van der Waals surface area contributed by atoms with Crippen molar-refractivity contribution < 1.29 is 29.4 Å². The maximum absolute atomic E-state index is 12.6. The highest BCUT2D eigenvalue weighted by atomic mass is 16.4. The second-order valence-corrected chi connectivity index (χ2v) is 7.38. The molecule has 0 radical (unpaired) electrons. The van der Waals surface area contributed by atoms with Crippen LogP contribution in [0.3, 0.4) is 0 Å². The second kappa shape index (κ2) is 11.6. The predicted molar refractivity (Wildman–Crippen MR) is 133 cm³/mol. The van der Waals surface area contributed by atoms with Gasteiger partial charge in [0.05, 0.1) is 11.3 Å². The number of amides is 2. The van der Waals surface area contributed by atoms with Crippen LogP contribution in [0.4, 0.5) is 17.1 Å². The third-order valence-electron chi connectivity index (χ3n) is 4.82. The van der Waals surface area contributed by atoms with Crippen molar-refractivity contribution in [2.75, 3.05) is 22.5 Å². The van der Waals surface area contributed by atoms with Gasteiger partial charge in [-0.2, -0.15) is 5.26 Å². The molecule has 0 aliphatic heterocycles. The second-order valence-electron chi connectivity index (χ2n) is 7.38. The van der Waals surface area contributed by atoms with Gasteiger partial charge in [-0.1, -0.05) is 24.3 Å². The third-order valence-corrected chi connectivity index (χ3v) is 4.82. The standard InChI is InChI=1S/C26H20N4O6/c27-14-18(25(34)30-22-7-2-1-6-21(22)26(35)36)12-16-4-3-5-20(13-16)29-24(33)17-8-10-19(11-9-17)28-15-23(31)32/h1-13,28H,15H2,(H,29,33)(H,30,34)(H,31,32)(H,35,36)/b18-12+. The molecule has 2 amide bonds. The number of nitrogens with one attached hydrogen (secondary N) is 3. The number of nitriles is 1. The molecule has 0 aliphatic rings. The van der Waals surface area contributed by atoms with E-state index in [0.29, 0.717) is 22.5 Å².